The zero-order valence-electron chi connectivity index (χ0n) is 31.2. The molecule has 0 unspecified atom stereocenters. The number of nitrogens with one attached hydrogen (secondary N) is 2. The fraction of sp³-hybridized carbons (Fsp3) is 0.474. The number of carbonyl (C=O) groups excluding carboxylic acids is 2. The molecule has 1 atom stereocenters. The van der Waals surface area contributed by atoms with Crippen molar-refractivity contribution < 1.29 is 27.2 Å². The smallest absolute Gasteiger partial charge is 0.282 e. The Kier molecular flexibility index (Phi) is 24.3. The molecule has 2 N–H and O–H groups in total. The number of hydrogen-bond acceptors (Lipinski definition) is 5. The second kappa shape index (κ2) is 25.5. The molecule has 0 saturated carbocycles. The summed E-state index contributed by atoms with van der Waals surface area (Å²) in [6, 6.07) is -0.263. The van der Waals surface area contributed by atoms with Crippen molar-refractivity contribution >= 4 is 30.2 Å². The lowest BCUT2D eigenvalue weighted by molar-refractivity contribution is -0.153. The van der Waals surface area contributed by atoms with Crippen LogP contribution < -0.4 is 5.32 Å². The van der Waals surface area contributed by atoms with Gasteiger partial charge >= 0.3 is 0 Å². The van der Waals surface area contributed by atoms with E-state index in [1.807, 2.05) is 58.6 Å². The third-order valence-corrected chi connectivity index (χ3v) is 6.83. The quantitative estimate of drug-likeness (QED) is 0.0368. The van der Waals surface area contributed by atoms with Crippen LogP contribution in [0.15, 0.2) is 65.8 Å². The number of alkyl halides is 2. The Morgan fingerprint density at radius 3 is 2.24 bits per heavy atom. The van der Waals surface area contributed by atoms with E-state index < -0.39 is 30.7 Å². The van der Waals surface area contributed by atoms with Crippen molar-refractivity contribution in [1.82, 2.24) is 25.3 Å². The number of rotatable bonds is 15. The van der Waals surface area contributed by atoms with Crippen LogP contribution in [0.5, 0.6) is 0 Å². The fourth-order valence-electron chi connectivity index (χ4n) is 4.26. The molecule has 1 aliphatic heterocycles. The Morgan fingerprint density at radius 1 is 1.22 bits per heavy atom. The molecule has 0 spiro atoms. The van der Waals surface area contributed by atoms with Crippen LogP contribution >= 0.6 is 0 Å². The van der Waals surface area contributed by atoms with Gasteiger partial charge in [-0.15, -0.1) is 25.5 Å². The van der Waals surface area contributed by atoms with Gasteiger partial charge < -0.3 is 10.2 Å². The third kappa shape index (κ3) is 17.8. The number of H-pyrrole nitrogens is 1. The molecule has 12 heteroatoms. The minimum absolute atomic E-state index is 0.000168. The molecular weight excluding hydrogens is 648 g/mol. The van der Waals surface area contributed by atoms with Gasteiger partial charge in [0.2, 0.25) is 12.3 Å². The maximum atomic E-state index is 14.6. The van der Waals surface area contributed by atoms with E-state index in [0.29, 0.717) is 31.5 Å². The van der Waals surface area contributed by atoms with E-state index in [9.17, 15) is 27.2 Å². The number of nitrogens with zero attached hydrogens (tertiary/aromatic N) is 4. The molecule has 0 bridgehead atoms. The van der Waals surface area contributed by atoms with Gasteiger partial charge in [-0.2, -0.15) is 5.10 Å². The number of aromatic nitrogens is 2. The van der Waals surface area contributed by atoms with Crippen LogP contribution in [0.1, 0.15) is 78.8 Å². The fourth-order valence-corrected chi connectivity index (χ4v) is 4.26. The van der Waals surface area contributed by atoms with E-state index in [1.165, 1.54) is 6.08 Å². The number of aliphatic imine (C=N–C) groups is 1. The van der Waals surface area contributed by atoms with Crippen molar-refractivity contribution in [1.29, 1.82) is 0 Å². The van der Waals surface area contributed by atoms with E-state index in [-0.39, 0.29) is 30.1 Å². The monoisotopic (exact) mass is 704 g/mol. The predicted molar refractivity (Wildman–Crippen MR) is 200 cm³/mol. The molecular formula is C38H56F4N6O2. The van der Waals surface area contributed by atoms with Gasteiger partial charge in [0.25, 0.3) is 5.92 Å². The summed E-state index contributed by atoms with van der Waals surface area (Å²) < 4.78 is 52.5. The second-order valence-electron chi connectivity index (χ2n) is 11.5. The van der Waals surface area contributed by atoms with Gasteiger partial charge in [-0.25, -0.2) is 17.6 Å². The average molecular weight is 705 g/mol. The number of amides is 2. The molecule has 2 amide bonds. The van der Waals surface area contributed by atoms with E-state index in [2.05, 4.69) is 52.6 Å². The standard InChI is InChI=1S/C29H43F2N5O.C4H5F2NO.C3H4.C2H4/c1-10-13-27(31)25(26(30)11-2)18-36(19(4)5)17-22(8)33-29(37)21(7)16-24-23(9)34-35-28(24)20(6)14-15-32-12-3;5-4(6)1-7(2-4)3-8;1-3-2;1-2/h11,13-16,19,22H,2,10,12,17-18H2,1,3-9H3,(H,33,37)(H,34,35);3H,1-2H2;1H,2H3;1-2H2/b20-14+,21-16+,26-25+,27-13+,32-15?;;;/t22-;;;/m1.../s1. The molecule has 50 heavy (non-hydrogen) atoms. The van der Waals surface area contributed by atoms with Crippen LogP contribution in [0.25, 0.3) is 11.6 Å². The van der Waals surface area contributed by atoms with Crippen LogP contribution in [0.2, 0.25) is 0 Å². The van der Waals surface area contributed by atoms with Crippen molar-refractivity contribution in [2.24, 2.45) is 4.99 Å². The number of allylic oxidation sites excluding steroid dienone is 5. The lowest BCUT2D eigenvalue weighted by atomic mass is 10.0. The van der Waals surface area contributed by atoms with Crippen LogP contribution in [0.3, 0.4) is 0 Å². The zero-order valence-corrected chi connectivity index (χ0v) is 31.2. The van der Waals surface area contributed by atoms with Crippen molar-refractivity contribution in [2.45, 2.75) is 86.7 Å². The van der Waals surface area contributed by atoms with Crippen LogP contribution in [0.4, 0.5) is 17.6 Å². The highest BCUT2D eigenvalue weighted by Crippen LogP contribution is 2.25. The summed E-state index contributed by atoms with van der Waals surface area (Å²) in [6.45, 7) is 26.6. The first-order valence-electron chi connectivity index (χ1n) is 16.3. The first kappa shape index (κ1) is 47.6. The maximum absolute atomic E-state index is 14.6. The minimum Gasteiger partial charge on any atom is -0.349 e. The van der Waals surface area contributed by atoms with Crippen LogP contribution in [0, 0.1) is 19.3 Å². The van der Waals surface area contributed by atoms with Crippen molar-refractivity contribution in [2.75, 3.05) is 32.7 Å². The number of terminal acetylenes is 1. The van der Waals surface area contributed by atoms with Gasteiger partial charge in [-0.3, -0.25) is 24.6 Å². The summed E-state index contributed by atoms with van der Waals surface area (Å²) >= 11 is 0. The average Bonchev–Trinajstić information content (AvgIpc) is 3.42. The highest BCUT2D eigenvalue weighted by molar-refractivity contribution is 5.98. The van der Waals surface area contributed by atoms with Gasteiger partial charge in [0.05, 0.1) is 18.8 Å². The largest absolute Gasteiger partial charge is 0.349 e. The molecule has 2 rings (SSSR count). The first-order chi connectivity index (χ1) is 23.5. The lowest BCUT2D eigenvalue weighted by Crippen LogP contribution is -2.55. The lowest BCUT2D eigenvalue weighted by Gasteiger charge is -2.35. The topological polar surface area (TPSA) is 93.7 Å². The van der Waals surface area contributed by atoms with Gasteiger partial charge in [0, 0.05) is 60.3 Å². The Bertz CT molecular complexity index is 1410. The third-order valence-electron chi connectivity index (χ3n) is 6.83. The molecule has 1 aliphatic rings. The van der Waals surface area contributed by atoms with E-state index >= 15 is 0 Å². The van der Waals surface area contributed by atoms with Gasteiger partial charge in [-0.05, 0) is 91.7 Å². The molecule has 1 saturated heterocycles. The summed E-state index contributed by atoms with van der Waals surface area (Å²) in [7, 11) is 0. The summed E-state index contributed by atoms with van der Waals surface area (Å²) in [6.07, 6.45) is 13.3. The number of aromatic amines is 1. The van der Waals surface area contributed by atoms with Crippen LogP contribution in [-0.4, -0.2) is 89.3 Å². The normalized spacial score (nSPS) is 15.2. The Balaban J connectivity index is 0. The van der Waals surface area contributed by atoms with Crippen molar-refractivity contribution in [3.63, 3.8) is 0 Å². The minimum atomic E-state index is -2.61. The van der Waals surface area contributed by atoms with E-state index in [1.54, 1.807) is 27.0 Å². The SMILES string of the molecule is C#CC.C=C.C=C/C(F)=C(CN(C[C@@H](C)NC(=O)/C(C)=C/c1c(/C(C)=C/C=NCC)n[nH]c1C)C(C)C)\C(F)=C/CC.O=CN1CC(F)(F)C1. The van der Waals surface area contributed by atoms with Gasteiger partial charge in [-0.1, -0.05) is 13.5 Å². The molecule has 278 valence electrons. The highest BCUT2D eigenvalue weighted by Gasteiger charge is 2.43. The molecule has 0 aromatic carbocycles. The first-order valence-corrected chi connectivity index (χ1v) is 16.3. The number of halogens is 4. The van der Waals surface area contributed by atoms with Crippen molar-refractivity contribution in [3.8, 4) is 12.3 Å². The second-order valence-corrected chi connectivity index (χ2v) is 11.5. The predicted octanol–water partition coefficient (Wildman–Crippen LogP) is 8.04. The molecule has 0 radical (unpaired) electrons. The van der Waals surface area contributed by atoms with Crippen LogP contribution in [-0.2, 0) is 9.59 Å². The van der Waals surface area contributed by atoms with Gasteiger partial charge in [0.1, 0.15) is 11.7 Å². The Labute approximate surface area is 296 Å². The molecule has 1 aromatic rings. The van der Waals surface area contributed by atoms with Crippen molar-refractivity contribution in [3.05, 3.63) is 77.7 Å². The number of likely N-dealkylation sites (tertiary alicyclic amines) is 1. The Morgan fingerprint density at radius 2 is 1.80 bits per heavy atom. The summed E-state index contributed by atoms with van der Waals surface area (Å²) in [5.74, 6) is -1.85. The summed E-state index contributed by atoms with van der Waals surface area (Å²) in [5.41, 5.74) is 3.89. The molecule has 1 fully saturated rings. The summed E-state index contributed by atoms with van der Waals surface area (Å²) in [5, 5.41) is 10.4. The maximum Gasteiger partial charge on any atom is 0.282 e. The highest BCUT2D eigenvalue weighted by atomic mass is 19.3. The molecule has 2 heterocycles. The van der Waals surface area contributed by atoms with Gasteiger partial charge in [0.15, 0.2) is 0 Å². The van der Waals surface area contributed by atoms with E-state index in [4.69, 9.17) is 0 Å². The Hall–Kier alpha value is -4.50. The number of carbonyl (C=O) groups is 2. The van der Waals surface area contributed by atoms with E-state index in [0.717, 1.165) is 33.5 Å². The molecule has 8 nitrogen and oxygen atoms in total. The number of aryl methyl sites for hydroxylation is 1. The zero-order chi connectivity index (χ0) is 39.0. The summed E-state index contributed by atoms with van der Waals surface area (Å²) in [4.78, 5) is 29.8. The number of hydrogen-bond donors (Lipinski definition) is 2. The molecule has 0 aliphatic carbocycles. The molecule has 1 aromatic heterocycles.